The number of fused-ring (bicyclic) bond motifs is 5. The summed E-state index contributed by atoms with van der Waals surface area (Å²) in [7, 11) is 0. The zero-order chi connectivity index (χ0) is 48.2. The maximum absolute atomic E-state index is 13.7. The number of carbonyl (C=O) groups is 5. The van der Waals surface area contributed by atoms with E-state index in [1.54, 1.807) is 19.1 Å². The molecule has 4 aliphatic carbocycles. The van der Waals surface area contributed by atoms with E-state index in [0.717, 1.165) is 110 Å². The predicted molar refractivity (Wildman–Crippen MR) is 267 cm³/mol. The first-order chi connectivity index (χ1) is 32.7. The van der Waals surface area contributed by atoms with E-state index in [1.165, 1.54) is 56.9 Å². The molecule has 2 aliphatic heterocycles. The van der Waals surface area contributed by atoms with Gasteiger partial charge in [-0.1, -0.05) is 90.5 Å². The van der Waals surface area contributed by atoms with Gasteiger partial charge in [0.25, 0.3) is 11.8 Å². The van der Waals surface area contributed by atoms with Crippen molar-refractivity contribution in [3.05, 3.63) is 53.1 Å². The number of hydrogen-bond acceptors (Lipinski definition) is 8. The van der Waals surface area contributed by atoms with Gasteiger partial charge in [-0.05, 0) is 129 Å². The molecule has 8 rings (SSSR count). The minimum absolute atomic E-state index is 0.113. The topological polar surface area (TPSA) is 146 Å². The zero-order valence-corrected chi connectivity index (χ0v) is 42.1. The highest BCUT2D eigenvalue weighted by molar-refractivity contribution is 6.27. The molecule has 0 aromatic heterocycles. The molecule has 68 heavy (non-hydrogen) atoms. The summed E-state index contributed by atoms with van der Waals surface area (Å²) in [5.41, 5.74) is 4.01. The van der Waals surface area contributed by atoms with E-state index in [9.17, 15) is 24.0 Å². The number of rotatable bonds is 19. The third-order valence-corrected chi connectivity index (χ3v) is 17.9. The van der Waals surface area contributed by atoms with Crippen molar-refractivity contribution in [1.29, 1.82) is 0 Å². The van der Waals surface area contributed by atoms with Crippen molar-refractivity contribution in [2.24, 2.45) is 46.3 Å². The van der Waals surface area contributed by atoms with Crippen LogP contribution in [0, 0.1) is 46.3 Å². The first-order valence-corrected chi connectivity index (χ1v) is 26.7. The van der Waals surface area contributed by atoms with Crippen LogP contribution < -0.4 is 20.9 Å². The van der Waals surface area contributed by atoms with Crippen molar-refractivity contribution in [3.63, 3.8) is 0 Å². The largest absolute Gasteiger partial charge is 0.446 e. The third-order valence-electron chi connectivity index (χ3n) is 17.9. The molecule has 2 aromatic carbocycles. The molecule has 0 spiro atoms. The molecule has 3 saturated carbocycles. The van der Waals surface area contributed by atoms with Crippen molar-refractivity contribution in [2.75, 3.05) is 50.8 Å². The van der Waals surface area contributed by atoms with Crippen LogP contribution in [0.3, 0.4) is 0 Å². The van der Waals surface area contributed by atoms with E-state index in [-0.39, 0.29) is 36.3 Å². The molecule has 6 aliphatic rings. The van der Waals surface area contributed by atoms with Crippen molar-refractivity contribution < 1.29 is 33.4 Å². The lowest BCUT2D eigenvalue weighted by atomic mass is 9.47. The molecule has 1 saturated heterocycles. The van der Waals surface area contributed by atoms with Crippen LogP contribution in [0.5, 0.6) is 0 Å². The Balaban J connectivity index is 0.687. The lowest BCUT2D eigenvalue weighted by molar-refractivity contribution is -0.124. The van der Waals surface area contributed by atoms with Crippen LogP contribution in [0.25, 0.3) is 10.8 Å². The number of benzene rings is 2. The van der Waals surface area contributed by atoms with E-state index in [1.807, 2.05) is 18.2 Å². The number of alkyl carbamates (subject to hydrolysis) is 1. The van der Waals surface area contributed by atoms with Gasteiger partial charge < -0.3 is 30.3 Å². The summed E-state index contributed by atoms with van der Waals surface area (Å²) in [6.45, 7) is 17.9. The summed E-state index contributed by atoms with van der Waals surface area (Å²) < 4.78 is 11.5. The Labute approximate surface area is 405 Å². The number of unbranched alkanes of at least 4 members (excludes halogenated alkanes) is 3. The summed E-state index contributed by atoms with van der Waals surface area (Å²) in [5.74, 6) is 3.39. The second-order valence-electron chi connectivity index (χ2n) is 22.4. The zero-order valence-electron chi connectivity index (χ0n) is 42.1. The molecule has 2 heterocycles. The fourth-order valence-electron chi connectivity index (χ4n) is 14.2. The van der Waals surface area contributed by atoms with E-state index in [4.69, 9.17) is 9.47 Å². The molecule has 1 unspecified atom stereocenters. The molecule has 0 bridgehead atoms. The van der Waals surface area contributed by atoms with Crippen LogP contribution in [-0.4, -0.2) is 92.7 Å². The standard InChI is InChI=1S/C56H81N5O7/c1-36(2)13-11-14-37(3)45-20-21-46-41-18-17-39-35-40(23-26-55(39,5)47(41)24-27-56(45,46)6)68-54(66)59-30-25-49(62)57-28-9-7-8-10-29-58-51(63)38(4)61-52(64)43-16-12-15-42-48(60-31-33-67-34-32-60)22-19-44(50(42)43)53(61)65/h12,15-17,19,22,36-38,40-41,45-47H,7-11,13-14,18,20-21,23-35H2,1-6H3,(H,57,62)(H,58,63)(H,59,66)/t37-,38+,40?,41+,45-,46+,47+,55+,56-/m1/s1. The Morgan fingerprint density at radius 1 is 0.794 bits per heavy atom. The molecule has 0 radical (unpaired) electrons. The van der Waals surface area contributed by atoms with Crippen molar-refractivity contribution in [1.82, 2.24) is 20.9 Å². The molecule has 3 N–H and O–H groups in total. The van der Waals surface area contributed by atoms with Gasteiger partial charge in [0.05, 0.1) is 13.2 Å². The Kier molecular flexibility index (Phi) is 15.9. The van der Waals surface area contributed by atoms with Crippen LogP contribution in [0.15, 0.2) is 42.0 Å². The molecular weight excluding hydrogens is 855 g/mol. The third kappa shape index (κ3) is 10.4. The molecular formula is C56H81N5O7. The molecule has 5 amide bonds. The number of amides is 5. The average molecular weight is 936 g/mol. The highest BCUT2D eigenvalue weighted by atomic mass is 16.6. The Bertz CT molecular complexity index is 2180. The number of imide groups is 1. The monoisotopic (exact) mass is 936 g/mol. The van der Waals surface area contributed by atoms with Crippen molar-refractivity contribution in [2.45, 2.75) is 156 Å². The first-order valence-electron chi connectivity index (χ1n) is 26.7. The number of nitrogens with zero attached hydrogens (tertiary/aromatic N) is 2. The Morgan fingerprint density at radius 3 is 2.28 bits per heavy atom. The number of hydrogen-bond donors (Lipinski definition) is 3. The van der Waals surface area contributed by atoms with Crippen LogP contribution >= 0.6 is 0 Å². The quantitative estimate of drug-likeness (QED) is 0.0717. The Hall–Kier alpha value is -4.45. The van der Waals surface area contributed by atoms with E-state index in [2.05, 4.69) is 61.5 Å². The fraction of sp³-hybridized carbons (Fsp3) is 0.696. The van der Waals surface area contributed by atoms with Gasteiger partial charge in [0.2, 0.25) is 11.8 Å². The number of nitrogens with one attached hydrogen (secondary N) is 3. The summed E-state index contributed by atoms with van der Waals surface area (Å²) in [5, 5.41) is 10.2. The summed E-state index contributed by atoms with van der Waals surface area (Å²) in [4.78, 5) is 69.4. The van der Waals surface area contributed by atoms with Crippen LogP contribution in [0.2, 0.25) is 0 Å². The number of carbonyl (C=O) groups excluding carboxylic acids is 5. The van der Waals surface area contributed by atoms with E-state index in [0.29, 0.717) is 48.2 Å². The summed E-state index contributed by atoms with van der Waals surface area (Å²) in [6.07, 6.45) is 18.9. The SMILES string of the molecule is CC(C)CCC[C@@H](C)[C@H]1CC[C@H]2[C@@H]3CC=C4CC(OC(=O)NCCC(=O)NCCCCCCNC(=O)[C@H](C)N5C(=O)c6cccc7c(N8CCOCC8)ccc(c67)C5=O)CC[C@]4(C)[C@H]3CC[C@]12C. The fourth-order valence-corrected chi connectivity index (χ4v) is 14.2. The maximum atomic E-state index is 13.7. The van der Waals surface area contributed by atoms with Crippen LogP contribution in [-0.2, 0) is 19.1 Å². The van der Waals surface area contributed by atoms with Gasteiger partial charge in [0.1, 0.15) is 12.1 Å². The van der Waals surface area contributed by atoms with Gasteiger partial charge in [-0.2, -0.15) is 0 Å². The van der Waals surface area contributed by atoms with Gasteiger partial charge in [-0.3, -0.25) is 24.1 Å². The smallest absolute Gasteiger partial charge is 0.407 e. The summed E-state index contributed by atoms with van der Waals surface area (Å²) >= 11 is 0. The molecule has 9 atom stereocenters. The van der Waals surface area contributed by atoms with Gasteiger partial charge in [-0.15, -0.1) is 0 Å². The van der Waals surface area contributed by atoms with Crippen LogP contribution in [0.1, 0.15) is 165 Å². The van der Waals surface area contributed by atoms with Gasteiger partial charge in [-0.25, -0.2) is 4.79 Å². The lowest BCUT2D eigenvalue weighted by Gasteiger charge is -2.58. The Morgan fingerprint density at radius 2 is 1.53 bits per heavy atom. The minimum atomic E-state index is -0.970. The predicted octanol–water partition coefficient (Wildman–Crippen LogP) is 9.98. The first kappa shape index (κ1) is 50.0. The highest BCUT2D eigenvalue weighted by Gasteiger charge is 2.59. The average Bonchev–Trinajstić information content (AvgIpc) is 3.69. The van der Waals surface area contributed by atoms with Crippen molar-refractivity contribution >= 4 is 46.2 Å². The molecule has 12 heteroatoms. The second kappa shape index (κ2) is 21.7. The van der Waals surface area contributed by atoms with Crippen molar-refractivity contribution in [3.8, 4) is 0 Å². The van der Waals surface area contributed by atoms with E-state index < -0.39 is 23.9 Å². The number of anilines is 1. The second-order valence-corrected chi connectivity index (χ2v) is 22.4. The molecule has 4 fully saturated rings. The van der Waals surface area contributed by atoms with Gasteiger partial charge >= 0.3 is 6.09 Å². The van der Waals surface area contributed by atoms with Gasteiger partial charge in [0.15, 0.2) is 0 Å². The minimum Gasteiger partial charge on any atom is -0.446 e. The van der Waals surface area contributed by atoms with Gasteiger partial charge in [0, 0.05) is 73.2 Å². The number of morpholine rings is 1. The molecule has 372 valence electrons. The summed E-state index contributed by atoms with van der Waals surface area (Å²) in [6, 6.07) is 8.24. The number of ether oxygens (including phenoxy) is 2. The molecule has 2 aromatic rings. The van der Waals surface area contributed by atoms with Crippen LogP contribution in [0.4, 0.5) is 10.5 Å². The molecule has 12 nitrogen and oxygen atoms in total. The number of allylic oxidation sites excluding steroid dienone is 1. The highest BCUT2D eigenvalue weighted by Crippen LogP contribution is 2.67. The van der Waals surface area contributed by atoms with E-state index >= 15 is 0 Å². The normalized spacial score (nSPS) is 28.6. The lowest BCUT2D eigenvalue weighted by Crippen LogP contribution is -2.52. The maximum Gasteiger partial charge on any atom is 0.407 e.